The van der Waals surface area contributed by atoms with Crippen molar-refractivity contribution in [2.45, 2.75) is 26.3 Å². The number of rotatable bonds is 3. The van der Waals surface area contributed by atoms with E-state index in [1.54, 1.807) is 4.68 Å². The average Bonchev–Trinajstić information content (AvgIpc) is 2.32. The van der Waals surface area contributed by atoms with Gasteiger partial charge in [0.1, 0.15) is 0 Å². The van der Waals surface area contributed by atoms with Gasteiger partial charge in [-0.25, -0.2) is 5.48 Å². The minimum Gasteiger partial charge on any atom is -0.316 e. The molecule has 0 spiro atoms. The van der Waals surface area contributed by atoms with E-state index in [-0.39, 0.29) is 0 Å². The van der Waals surface area contributed by atoms with Crippen LogP contribution in [0.1, 0.15) is 31.0 Å². The lowest BCUT2D eigenvalue weighted by Crippen LogP contribution is -2.07. The van der Waals surface area contributed by atoms with Crippen LogP contribution >= 0.6 is 0 Å². The number of nitrogens with zero attached hydrogens (tertiary/aromatic N) is 2. The van der Waals surface area contributed by atoms with Crippen molar-refractivity contribution in [2.24, 2.45) is 7.05 Å². The maximum Gasteiger partial charge on any atom is 0.0695 e. The van der Waals surface area contributed by atoms with Crippen molar-refractivity contribution in [2.75, 3.05) is 0 Å². The van der Waals surface area contributed by atoms with Crippen molar-refractivity contribution in [1.29, 1.82) is 0 Å². The standard InChI is InChI=1S/C8H15N3O/c1-6(2)8-7(4-9-12)5-11(3)10-8/h5-6,9,12H,4H2,1-3H3. The van der Waals surface area contributed by atoms with Crippen LogP contribution in [-0.2, 0) is 13.6 Å². The molecule has 0 unspecified atom stereocenters. The van der Waals surface area contributed by atoms with Crippen LogP contribution in [0.4, 0.5) is 0 Å². The SMILES string of the molecule is CC(C)c1nn(C)cc1CNO. The Morgan fingerprint density at radius 3 is 2.83 bits per heavy atom. The van der Waals surface area contributed by atoms with Crippen molar-refractivity contribution in [1.82, 2.24) is 15.3 Å². The van der Waals surface area contributed by atoms with Crippen LogP contribution in [0.2, 0.25) is 0 Å². The van der Waals surface area contributed by atoms with E-state index in [9.17, 15) is 0 Å². The zero-order chi connectivity index (χ0) is 9.14. The van der Waals surface area contributed by atoms with Gasteiger partial charge in [-0.3, -0.25) is 4.68 Å². The van der Waals surface area contributed by atoms with Gasteiger partial charge in [-0.1, -0.05) is 13.8 Å². The van der Waals surface area contributed by atoms with Gasteiger partial charge >= 0.3 is 0 Å². The Hall–Kier alpha value is -0.870. The van der Waals surface area contributed by atoms with E-state index in [4.69, 9.17) is 5.21 Å². The van der Waals surface area contributed by atoms with Crippen molar-refractivity contribution < 1.29 is 5.21 Å². The fraction of sp³-hybridized carbons (Fsp3) is 0.625. The molecule has 2 N–H and O–H groups in total. The molecule has 0 aliphatic carbocycles. The van der Waals surface area contributed by atoms with E-state index in [1.807, 2.05) is 13.2 Å². The Labute approximate surface area is 72.2 Å². The first-order valence-corrected chi connectivity index (χ1v) is 4.04. The van der Waals surface area contributed by atoms with Gasteiger partial charge in [-0.2, -0.15) is 5.10 Å². The van der Waals surface area contributed by atoms with Crippen molar-refractivity contribution in [3.8, 4) is 0 Å². The Morgan fingerprint density at radius 2 is 2.33 bits per heavy atom. The van der Waals surface area contributed by atoms with Crippen LogP contribution in [0.25, 0.3) is 0 Å². The Morgan fingerprint density at radius 1 is 1.67 bits per heavy atom. The summed E-state index contributed by atoms with van der Waals surface area (Å²) in [5.41, 5.74) is 4.23. The Bertz CT molecular complexity index is 255. The normalized spacial score (nSPS) is 11.1. The van der Waals surface area contributed by atoms with Crippen molar-refractivity contribution in [3.63, 3.8) is 0 Å². The minimum absolute atomic E-state index is 0.398. The second-order valence-corrected chi connectivity index (χ2v) is 3.20. The Kier molecular flexibility index (Phi) is 2.83. The van der Waals surface area contributed by atoms with Gasteiger partial charge in [0.25, 0.3) is 0 Å². The van der Waals surface area contributed by atoms with Crippen LogP contribution in [0.5, 0.6) is 0 Å². The zero-order valence-electron chi connectivity index (χ0n) is 7.70. The van der Waals surface area contributed by atoms with Gasteiger partial charge in [0.15, 0.2) is 0 Å². The third-order valence-corrected chi connectivity index (χ3v) is 1.75. The minimum atomic E-state index is 0.398. The highest BCUT2D eigenvalue weighted by molar-refractivity contribution is 5.19. The number of nitrogens with one attached hydrogen (secondary N) is 1. The van der Waals surface area contributed by atoms with E-state index in [0.29, 0.717) is 12.5 Å². The topological polar surface area (TPSA) is 50.1 Å². The van der Waals surface area contributed by atoms with Gasteiger partial charge in [0.05, 0.1) is 5.69 Å². The third kappa shape index (κ3) is 1.84. The molecule has 0 amide bonds. The second-order valence-electron chi connectivity index (χ2n) is 3.20. The molecule has 4 nitrogen and oxygen atoms in total. The second kappa shape index (κ2) is 3.69. The summed E-state index contributed by atoms with van der Waals surface area (Å²) in [5.74, 6) is 0.398. The molecule has 1 heterocycles. The molecule has 0 aromatic carbocycles. The quantitative estimate of drug-likeness (QED) is 0.664. The zero-order valence-corrected chi connectivity index (χ0v) is 7.70. The van der Waals surface area contributed by atoms with Gasteiger partial charge in [-0.05, 0) is 5.92 Å². The van der Waals surface area contributed by atoms with Gasteiger partial charge in [-0.15, -0.1) is 0 Å². The molecule has 1 aromatic rings. The van der Waals surface area contributed by atoms with Crippen molar-refractivity contribution >= 4 is 0 Å². The van der Waals surface area contributed by atoms with E-state index >= 15 is 0 Å². The van der Waals surface area contributed by atoms with Crippen molar-refractivity contribution in [3.05, 3.63) is 17.5 Å². The molecular formula is C8H15N3O. The molecule has 4 heteroatoms. The summed E-state index contributed by atoms with van der Waals surface area (Å²) < 4.78 is 1.77. The molecule has 1 rings (SSSR count). The average molecular weight is 169 g/mol. The predicted octanol–water partition coefficient (Wildman–Crippen LogP) is 1.02. The molecular weight excluding hydrogens is 154 g/mol. The summed E-state index contributed by atoms with van der Waals surface area (Å²) in [6.07, 6.45) is 1.92. The van der Waals surface area contributed by atoms with Crippen LogP contribution in [0, 0.1) is 0 Å². The third-order valence-electron chi connectivity index (χ3n) is 1.75. The van der Waals surface area contributed by atoms with Crippen LogP contribution in [0.15, 0.2) is 6.20 Å². The number of aryl methyl sites for hydroxylation is 1. The smallest absolute Gasteiger partial charge is 0.0695 e. The fourth-order valence-electron chi connectivity index (χ4n) is 1.26. The maximum atomic E-state index is 8.55. The summed E-state index contributed by atoms with van der Waals surface area (Å²) >= 11 is 0. The lowest BCUT2D eigenvalue weighted by molar-refractivity contribution is 0.161. The highest BCUT2D eigenvalue weighted by atomic mass is 16.5. The molecule has 1 aromatic heterocycles. The van der Waals surface area contributed by atoms with E-state index in [2.05, 4.69) is 24.4 Å². The summed E-state index contributed by atoms with van der Waals surface area (Å²) in [6, 6.07) is 0. The monoisotopic (exact) mass is 169 g/mol. The largest absolute Gasteiger partial charge is 0.316 e. The first-order valence-electron chi connectivity index (χ1n) is 4.04. The summed E-state index contributed by atoms with van der Waals surface area (Å²) in [6.45, 7) is 4.63. The first kappa shape index (κ1) is 9.22. The maximum absolute atomic E-state index is 8.55. The molecule has 0 saturated heterocycles. The number of hydrogen-bond acceptors (Lipinski definition) is 3. The summed E-state index contributed by atoms with van der Waals surface area (Å²) in [7, 11) is 1.88. The van der Waals surface area contributed by atoms with Crippen LogP contribution < -0.4 is 5.48 Å². The molecule has 12 heavy (non-hydrogen) atoms. The van der Waals surface area contributed by atoms with E-state index < -0.39 is 0 Å². The molecule has 0 saturated carbocycles. The number of hydroxylamine groups is 1. The van der Waals surface area contributed by atoms with Gasteiger partial charge in [0, 0.05) is 25.4 Å². The molecule has 68 valence electrons. The molecule has 0 radical (unpaired) electrons. The highest BCUT2D eigenvalue weighted by Crippen LogP contribution is 2.16. The molecule has 0 fully saturated rings. The Balaban J connectivity index is 2.92. The van der Waals surface area contributed by atoms with Crippen LogP contribution in [-0.4, -0.2) is 15.0 Å². The molecule has 0 aliphatic rings. The number of hydrogen-bond donors (Lipinski definition) is 2. The predicted molar refractivity (Wildman–Crippen MR) is 45.9 cm³/mol. The summed E-state index contributed by atoms with van der Waals surface area (Å²) in [5, 5.41) is 12.8. The first-order chi connectivity index (χ1) is 5.65. The molecule has 0 aliphatic heterocycles. The highest BCUT2D eigenvalue weighted by Gasteiger charge is 2.09. The van der Waals surface area contributed by atoms with E-state index in [0.717, 1.165) is 11.3 Å². The van der Waals surface area contributed by atoms with Crippen LogP contribution in [0.3, 0.4) is 0 Å². The fourth-order valence-corrected chi connectivity index (χ4v) is 1.26. The lowest BCUT2D eigenvalue weighted by atomic mass is 10.1. The number of aromatic nitrogens is 2. The molecule has 0 bridgehead atoms. The van der Waals surface area contributed by atoms with Gasteiger partial charge < -0.3 is 5.21 Å². The molecule has 0 atom stereocenters. The lowest BCUT2D eigenvalue weighted by Gasteiger charge is -2.02. The van der Waals surface area contributed by atoms with E-state index in [1.165, 1.54) is 0 Å². The summed E-state index contributed by atoms with van der Waals surface area (Å²) in [4.78, 5) is 0. The van der Waals surface area contributed by atoms with Gasteiger partial charge in [0.2, 0.25) is 0 Å².